The first-order chi connectivity index (χ1) is 60.9. The quantitative estimate of drug-likeness (QED) is 0.135. The van der Waals surface area contributed by atoms with Crippen molar-refractivity contribution in [3.8, 4) is 61.6 Å². The summed E-state index contributed by atoms with van der Waals surface area (Å²) in [6, 6.07) is 104. The number of hydrogen-bond donors (Lipinski definition) is 0. The summed E-state index contributed by atoms with van der Waals surface area (Å²) in [6.07, 6.45) is 0. The summed E-state index contributed by atoms with van der Waals surface area (Å²) in [7, 11) is 0. The zero-order valence-corrected chi connectivity index (χ0v) is 68.9. The predicted molar refractivity (Wildman–Crippen MR) is 507 cm³/mol. The Morgan fingerprint density at radius 1 is 0.244 bits per heavy atom. The largest absolute Gasteiger partial charge is 0.452 e. The SMILES string of the molecule is [2H]c1c([2H])c([2H])c2c(c1[2H])c1c([2H])c([2H])c([2H])c([2H])c1n2-c1cccc2c1oc1c(N3c4cc(-c5ccc(C(C)(C)C)cc5)ccc4B4c5ccc(-n6c7ccc(-c8ccccc8)cc7c7cc(C(C)(C)C)ccc76)cc5N(c5cc(-c6ccccc6)cc(-c6ccccc6)c5)c5cc(-n6c7ccc(C(C)(C)C)cc7c7cc(C(C)(C)C)ccc76)cc3c54)cccc12. The number of hydrogen-bond acceptors (Lipinski definition) is 3. The van der Waals surface area contributed by atoms with Crippen LogP contribution in [0.5, 0.6) is 0 Å². The third-order valence-corrected chi connectivity index (χ3v) is 25.3. The maximum Gasteiger partial charge on any atom is 0.252 e. The summed E-state index contributed by atoms with van der Waals surface area (Å²) in [5.74, 6) is 0. The third kappa shape index (κ3) is 11.5. The molecule has 574 valence electrons. The Morgan fingerprint density at radius 2 is 0.639 bits per heavy atom. The van der Waals surface area contributed by atoms with E-state index in [0.717, 1.165) is 144 Å². The van der Waals surface area contributed by atoms with E-state index >= 15 is 0 Å². The summed E-state index contributed by atoms with van der Waals surface area (Å²) in [4.78, 5) is 5.00. The van der Waals surface area contributed by atoms with Gasteiger partial charge < -0.3 is 27.9 Å². The molecule has 0 N–H and O–H groups in total. The van der Waals surface area contributed by atoms with E-state index in [0.29, 0.717) is 27.9 Å². The molecular weight excluding hydrogens is 1440 g/mol. The maximum atomic E-state index is 9.71. The minimum Gasteiger partial charge on any atom is -0.452 e. The van der Waals surface area contributed by atoms with Gasteiger partial charge in [-0.2, -0.15) is 0 Å². The fraction of sp³-hybridized carbons (Fsp3) is 0.143. The lowest BCUT2D eigenvalue weighted by Crippen LogP contribution is -2.61. The third-order valence-electron chi connectivity index (χ3n) is 25.3. The van der Waals surface area contributed by atoms with E-state index < -0.39 is 55.1 Å². The molecule has 22 rings (SSSR count). The lowest BCUT2D eigenvalue weighted by atomic mass is 9.33. The van der Waals surface area contributed by atoms with Gasteiger partial charge in [0.15, 0.2) is 11.2 Å². The van der Waals surface area contributed by atoms with Crippen molar-refractivity contribution in [1.82, 2.24) is 13.7 Å². The molecule has 2 aliphatic heterocycles. The second kappa shape index (κ2) is 26.4. The van der Waals surface area contributed by atoms with Crippen LogP contribution < -0.4 is 26.2 Å². The van der Waals surface area contributed by atoms with Crippen LogP contribution in [0.2, 0.25) is 0 Å². The number of fused-ring (bicyclic) bond motifs is 16. The van der Waals surface area contributed by atoms with Crippen LogP contribution in [0.4, 0.5) is 34.1 Å². The Kier molecular flexibility index (Phi) is 14.1. The standard InChI is InChI=1S/C112H92BN5O/c1-109(2,3)77-46-42-72(43-47-77)74-44-52-92-102(62-74)118(101-41-27-37-87-86-36-26-40-100(107(86)119-108(87)101)117-94-38-24-22-34-84(94)85-35-23-25-39-95(85)117)105-68-83(115-98-56-49-79(111(7,8)9)64-90(98)91-65-80(112(10,11)12)50-57-99(91)115)67-104-106(105)113(92)93-53-51-81(66-103(93)116(104)82-59-75(70-30-18-14-19-31-70)58-76(60-82)71-32-20-15-21-33-71)114-96-54-45-73(69-28-16-13-17-29-69)61-88(96)89-63-78(110(4,5)6)48-55-97(89)114/h13-68H,1-12H3/i22D,23D,24D,25D,34D,35D,38D,39D. The smallest absolute Gasteiger partial charge is 0.252 e. The number of rotatable bonds is 9. The number of nitrogens with zero attached hydrogens (tertiary/aromatic N) is 5. The number of benzene rings is 16. The average Bonchev–Trinajstić information content (AvgIpc) is 1.65. The summed E-state index contributed by atoms with van der Waals surface area (Å²) >= 11 is 0. The molecule has 7 heteroatoms. The summed E-state index contributed by atoms with van der Waals surface area (Å²) in [6.45, 7) is 26.9. The minimum atomic E-state index is -0.514. The van der Waals surface area contributed by atoms with Gasteiger partial charge in [-0.15, -0.1) is 0 Å². The Morgan fingerprint density at radius 3 is 1.16 bits per heavy atom. The topological polar surface area (TPSA) is 34.4 Å². The van der Waals surface area contributed by atoms with Crippen LogP contribution in [-0.4, -0.2) is 20.4 Å². The Bertz CT molecular complexity index is 7890. The highest BCUT2D eigenvalue weighted by Gasteiger charge is 2.45. The van der Waals surface area contributed by atoms with Crippen molar-refractivity contribution >= 4 is 145 Å². The lowest BCUT2D eigenvalue weighted by Gasteiger charge is -2.44. The van der Waals surface area contributed by atoms with E-state index in [1.165, 1.54) is 27.6 Å². The Labute approximate surface area is 707 Å². The van der Waals surface area contributed by atoms with Crippen LogP contribution in [0.15, 0.2) is 344 Å². The maximum absolute atomic E-state index is 9.71. The summed E-state index contributed by atoms with van der Waals surface area (Å²) in [5.41, 5.74) is 28.9. The van der Waals surface area contributed by atoms with E-state index in [4.69, 9.17) is 7.16 Å². The van der Waals surface area contributed by atoms with Gasteiger partial charge in [0.05, 0.1) is 61.1 Å². The van der Waals surface area contributed by atoms with Crippen molar-refractivity contribution in [2.45, 2.75) is 105 Å². The zero-order chi connectivity index (χ0) is 87.8. The molecule has 0 fully saturated rings. The van der Waals surface area contributed by atoms with Crippen molar-refractivity contribution in [1.29, 1.82) is 0 Å². The zero-order valence-electron chi connectivity index (χ0n) is 76.9. The first kappa shape index (κ1) is 63.6. The molecule has 0 aliphatic carbocycles. The van der Waals surface area contributed by atoms with Crippen LogP contribution in [0.1, 0.15) is 116 Å². The average molecular weight is 1540 g/mol. The number of anilines is 6. The summed E-state index contributed by atoms with van der Waals surface area (Å²) in [5, 5.41) is 6.01. The highest BCUT2D eigenvalue weighted by molar-refractivity contribution is 7.00. The van der Waals surface area contributed by atoms with Crippen LogP contribution in [0.25, 0.3) is 149 Å². The molecule has 0 spiro atoms. The van der Waals surface area contributed by atoms with Gasteiger partial charge in [-0.05, 0) is 226 Å². The molecule has 6 nitrogen and oxygen atoms in total. The minimum absolute atomic E-state index is 0.00216. The van der Waals surface area contributed by atoms with Crippen molar-refractivity contribution in [3.05, 3.63) is 362 Å². The lowest BCUT2D eigenvalue weighted by molar-refractivity contribution is 0.590. The van der Waals surface area contributed by atoms with Gasteiger partial charge in [0, 0.05) is 77.2 Å². The predicted octanol–water partition coefficient (Wildman–Crippen LogP) is 28.8. The molecule has 16 aromatic carbocycles. The van der Waals surface area contributed by atoms with E-state index in [-0.39, 0.29) is 43.5 Å². The van der Waals surface area contributed by atoms with E-state index in [9.17, 15) is 8.22 Å². The summed E-state index contributed by atoms with van der Waals surface area (Å²) < 4.78 is 89.1. The van der Waals surface area contributed by atoms with Crippen LogP contribution in [0, 0.1) is 0 Å². The van der Waals surface area contributed by atoms with Crippen LogP contribution in [0.3, 0.4) is 0 Å². The van der Waals surface area contributed by atoms with Gasteiger partial charge in [0.1, 0.15) is 0 Å². The molecule has 0 saturated heterocycles. The molecule has 6 heterocycles. The van der Waals surface area contributed by atoms with Crippen molar-refractivity contribution in [2.24, 2.45) is 0 Å². The Hall–Kier alpha value is -13.6. The van der Waals surface area contributed by atoms with Gasteiger partial charge in [-0.1, -0.05) is 301 Å². The van der Waals surface area contributed by atoms with E-state index in [2.05, 4.69) is 375 Å². The van der Waals surface area contributed by atoms with Gasteiger partial charge >= 0.3 is 0 Å². The monoisotopic (exact) mass is 1540 g/mol. The molecule has 0 radical (unpaired) electrons. The van der Waals surface area contributed by atoms with E-state index in [1.807, 2.05) is 18.2 Å². The van der Waals surface area contributed by atoms with Crippen LogP contribution in [-0.2, 0) is 21.7 Å². The number of para-hydroxylation sites is 4. The molecule has 119 heavy (non-hydrogen) atoms. The van der Waals surface area contributed by atoms with Crippen LogP contribution >= 0.6 is 0 Å². The van der Waals surface area contributed by atoms with E-state index in [1.54, 1.807) is 4.57 Å². The molecule has 0 amide bonds. The molecule has 4 aromatic heterocycles. The molecule has 0 saturated carbocycles. The fourth-order valence-corrected chi connectivity index (χ4v) is 19.1. The van der Waals surface area contributed by atoms with Crippen molar-refractivity contribution in [2.75, 3.05) is 9.80 Å². The highest BCUT2D eigenvalue weighted by Crippen LogP contribution is 2.53. The molecule has 0 atom stereocenters. The normalized spacial score (nSPS) is 14.1. The molecule has 0 unspecified atom stereocenters. The van der Waals surface area contributed by atoms with Crippen molar-refractivity contribution in [3.63, 3.8) is 0 Å². The number of furan rings is 1. The Balaban J connectivity index is 0.895. The molecule has 2 aliphatic rings. The van der Waals surface area contributed by atoms with Gasteiger partial charge in [0.2, 0.25) is 0 Å². The fourth-order valence-electron chi connectivity index (χ4n) is 19.1. The molecule has 20 aromatic rings. The second-order valence-corrected chi connectivity index (χ2v) is 36.8. The second-order valence-electron chi connectivity index (χ2n) is 36.8. The molecular formula is C112H92BN5O. The first-order valence-electron chi connectivity index (χ1n) is 45.5. The number of aromatic nitrogens is 3. The van der Waals surface area contributed by atoms with Gasteiger partial charge in [-0.25, -0.2) is 0 Å². The molecule has 0 bridgehead atoms. The van der Waals surface area contributed by atoms with Gasteiger partial charge in [0.25, 0.3) is 6.71 Å². The van der Waals surface area contributed by atoms with Gasteiger partial charge in [-0.3, -0.25) is 0 Å². The van der Waals surface area contributed by atoms with Crippen molar-refractivity contribution < 1.29 is 15.4 Å². The first-order valence-corrected chi connectivity index (χ1v) is 41.5. The highest BCUT2D eigenvalue weighted by atomic mass is 16.3.